The molecule has 0 aliphatic carbocycles. The van der Waals surface area contributed by atoms with E-state index >= 15 is 0 Å². The first-order valence-electron chi connectivity index (χ1n) is 11.9. The number of ether oxygens (including phenoxy) is 1. The van der Waals surface area contributed by atoms with E-state index in [2.05, 4.69) is 33.6 Å². The van der Waals surface area contributed by atoms with Gasteiger partial charge < -0.3 is 30.9 Å². The van der Waals surface area contributed by atoms with Gasteiger partial charge >= 0.3 is 0 Å². The van der Waals surface area contributed by atoms with Crippen LogP contribution in [-0.4, -0.2) is 87.8 Å². The molecule has 34 heavy (non-hydrogen) atoms. The topological polar surface area (TPSA) is 140 Å². The van der Waals surface area contributed by atoms with Crippen molar-refractivity contribution in [3.05, 3.63) is 18.0 Å². The minimum Gasteiger partial charge on any atom is -0.377 e. The van der Waals surface area contributed by atoms with E-state index in [0.717, 1.165) is 48.6 Å². The normalized spacial score (nSPS) is 25.5. The standard InChI is InChI=1S/C23H33N9O2/c1-14-12-34-9-8-31(14)22-28-18(16-10-26-21(25)27-11-16)17-4-6-32(19(17)29-22)23(3)5-7-30(13-23)20(33)15(2)24/h10-11,14-15H,4-9,12-13,24H2,1-3H3,(H2,25,26,27)/t14-,15-,23-/m0/s1. The number of anilines is 3. The fourth-order valence-electron chi connectivity index (χ4n) is 5.26. The van der Waals surface area contributed by atoms with Gasteiger partial charge in [0.25, 0.3) is 0 Å². The number of likely N-dealkylation sites (tertiary alicyclic amines) is 1. The van der Waals surface area contributed by atoms with E-state index in [1.54, 1.807) is 19.3 Å². The molecule has 3 atom stereocenters. The molecule has 0 bridgehead atoms. The van der Waals surface area contributed by atoms with Crippen LogP contribution in [-0.2, 0) is 16.0 Å². The van der Waals surface area contributed by atoms with Gasteiger partial charge in [-0.3, -0.25) is 4.79 Å². The lowest BCUT2D eigenvalue weighted by atomic mass is 9.99. The fourth-order valence-corrected chi connectivity index (χ4v) is 5.26. The molecular weight excluding hydrogens is 434 g/mol. The summed E-state index contributed by atoms with van der Waals surface area (Å²) in [7, 11) is 0. The Morgan fingerprint density at radius 3 is 2.71 bits per heavy atom. The molecule has 2 aromatic heterocycles. The molecule has 1 amide bonds. The number of nitrogens with two attached hydrogens (primary N) is 2. The number of rotatable bonds is 4. The number of hydrogen-bond acceptors (Lipinski definition) is 10. The van der Waals surface area contributed by atoms with Crippen LogP contribution in [0.4, 0.5) is 17.7 Å². The van der Waals surface area contributed by atoms with Crippen LogP contribution in [0.1, 0.15) is 32.8 Å². The first-order chi connectivity index (χ1) is 16.3. The van der Waals surface area contributed by atoms with Gasteiger partial charge in [-0.2, -0.15) is 4.98 Å². The lowest BCUT2D eigenvalue weighted by molar-refractivity contribution is -0.131. The van der Waals surface area contributed by atoms with Crippen LogP contribution in [0.5, 0.6) is 0 Å². The Balaban J connectivity index is 1.56. The highest BCUT2D eigenvalue weighted by Crippen LogP contribution is 2.41. The smallest absolute Gasteiger partial charge is 0.239 e. The number of aromatic nitrogens is 4. The lowest BCUT2D eigenvalue weighted by Gasteiger charge is -2.38. The summed E-state index contributed by atoms with van der Waals surface area (Å²) in [4.78, 5) is 37.5. The number of morpholine rings is 1. The number of fused-ring (bicyclic) bond motifs is 1. The zero-order chi connectivity index (χ0) is 24.0. The van der Waals surface area contributed by atoms with Gasteiger partial charge in [-0.05, 0) is 33.6 Å². The largest absolute Gasteiger partial charge is 0.377 e. The molecule has 0 aromatic carbocycles. The predicted octanol–water partition coefficient (Wildman–Crippen LogP) is 0.442. The highest BCUT2D eigenvalue weighted by Gasteiger charge is 2.45. The Labute approximate surface area is 199 Å². The summed E-state index contributed by atoms with van der Waals surface area (Å²) in [5.74, 6) is 1.83. The molecule has 182 valence electrons. The van der Waals surface area contributed by atoms with E-state index in [1.165, 1.54) is 0 Å². The van der Waals surface area contributed by atoms with Crippen LogP contribution in [0, 0.1) is 0 Å². The summed E-state index contributed by atoms with van der Waals surface area (Å²) in [5, 5.41) is 0. The molecule has 2 aromatic rings. The number of nitrogen functional groups attached to an aromatic ring is 1. The summed E-state index contributed by atoms with van der Waals surface area (Å²) in [6.07, 6.45) is 5.12. The van der Waals surface area contributed by atoms with Crippen LogP contribution < -0.4 is 21.3 Å². The third-order valence-corrected chi connectivity index (χ3v) is 7.19. The second-order valence-corrected chi connectivity index (χ2v) is 9.82. The van der Waals surface area contributed by atoms with Crippen molar-refractivity contribution < 1.29 is 9.53 Å². The second kappa shape index (κ2) is 8.62. The van der Waals surface area contributed by atoms with E-state index in [1.807, 2.05) is 4.90 Å². The van der Waals surface area contributed by atoms with Crippen LogP contribution >= 0.6 is 0 Å². The van der Waals surface area contributed by atoms with Crippen molar-refractivity contribution >= 4 is 23.6 Å². The van der Waals surface area contributed by atoms with Crippen molar-refractivity contribution in [1.82, 2.24) is 24.8 Å². The molecule has 4 N–H and O–H groups in total. The summed E-state index contributed by atoms with van der Waals surface area (Å²) in [5.41, 5.74) is 14.1. The average Bonchev–Trinajstić information content (AvgIpc) is 3.43. The Morgan fingerprint density at radius 2 is 2.00 bits per heavy atom. The Bertz CT molecular complexity index is 1080. The van der Waals surface area contributed by atoms with Gasteiger partial charge in [0.15, 0.2) is 0 Å². The van der Waals surface area contributed by atoms with Crippen molar-refractivity contribution in [2.24, 2.45) is 5.73 Å². The van der Waals surface area contributed by atoms with Gasteiger partial charge in [-0.1, -0.05) is 0 Å². The number of nitrogens with zero attached hydrogens (tertiary/aromatic N) is 7. The maximum absolute atomic E-state index is 12.6. The monoisotopic (exact) mass is 467 g/mol. The van der Waals surface area contributed by atoms with E-state index in [0.29, 0.717) is 32.3 Å². The molecule has 2 saturated heterocycles. The number of carbonyl (C=O) groups is 1. The summed E-state index contributed by atoms with van der Waals surface area (Å²) in [6.45, 7) is 10.2. The van der Waals surface area contributed by atoms with E-state index < -0.39 is 6.04 Å². The molecule has 0 saturated carbocycles. The van der Waals surface area contributed by atoms with Gasteiger partial charge in [0, 0.05) is 49.7 Å². The highest BCUT2D eigenvalue weighted by molar-refractivity contribution is 5.82. The van der Waals surface area contributed by atoms with Crippen LogP contribution in [0.2, 0.25) is 0 Å². The second-order valence-electron chi connectivity index (χ2n) is 9.82. The van der Waals surface area contributed by atoms with Crippen molar-refractivity contribution in [1.29, 1.82) is 0 Å². The summed E-state index contributed by atoms with van der Waals surface area (Å²) < 4.78 is 5.64. The molecule has 2 fully saturated rings. The summed E-state index contributed by atoms with van der Waals surface area (Å²) >= 11 is 0. The predicted molar refractivity (Wildman–Crippen MR) is 129 cm³/mol. The quantitative estimate of drug-likeness (QED) is 0.651. The zero-order valence-corrected chi connectivity index (χ0v) is 20.1. The molecule has 3 aliphatic rings. The molecule has 5 rings (SSSR count). The van der Waals surface area contributed by atoms with Gasteiger partial charge in [0.2, 0.25) is 17.8 Å². The molecule has 0 unspecified atom stereocenters. The first kappa shape index (κ1) is 22.7. The zero-order valence-electron chi connectivity index (χ0n) is 20.1. The van der Waals surface area contributed by atoms with Crippen molar-refractivity contribution in [2.75, 3.05) is 54.9 Å². The van der Waals surface area contributed by atoms with E-state index in [-0.39, 0.29) is 23.4 Å². The first-order valence-corrected chi connectivity index (χ1v) is 11.9. The minimum absolute atomic E-state index is 0.00613. The third kappa shape index (κ3) is 3.92. The Morgan fingerprint density at radius 1 is 1.24 bits per heavy atom. The molecule has 0 radical (unpaired) electrons. The van der Waals surface area contributed by atoms with Gasteiger partial charge in [0.1, 0.15) is 5.82 Å². The van der Waals surface area contributed by atoms with Gasteiger partial charge in [0.05, 0.1) is 36.5 Å². The van der Waals surface area contributed by atoms with E-state index in [4.69, 9.17) is 26.2 Å². The van der Waals surface area contributed by atoms with Crippen LogP contribution in [0.3, 0.4) is 0 Å². The van der Waals surface area contributed by atoms with Crippen LogP contribution in [0.15, 0.2) is 12.4 Å². The molecule has 11 heteroatoms. The third-order valence-electron chi connectivity index (χ3n) is 7.19. The minimum atomic E-state index is -0.498. The van der Waals surface area contributed by atoms with Gasteiger partial charge in [-0.25, -0.2) is 15.0 Å². The Kier molecular flexibility index (Phi) is 5.76. The van der Waals surface area contributed by atoms with Crippen LogP contribution in [0.25, 0.3) is 11.3 Å². The number of hydrogen-bond donors (Lipinski definition) is 2. The average molecular weight is 468 g/mol. The van der Waals surface area contributed by atoms with Crippen molar-refractivity contribution in [2.45, 2.75) is 51.2 Å². The molecule has 0 spiro atoms. The summed E-state index contributed by atoms with van der Waals surface area (Å²) in [6, 6.07) is -0.333. The maximum atomic E-state index is 12.6. The lowest BCUT2D eigenvalue weighted by Crippen LogP contribution is -2.50. The highest BCUT2D eigenvalue weighted by atomic mass is 16.5. The fraction of sp³-hybridized carbons (Fsp3) is 0.609. The molecule has 5 heterocycles. The molecule has 3 aliphatic heterocycles. The number of carbonyl (C=O) groups excluding carboxylic acids is 1. The molecular formula is C23H33N9O2. The van der Waals surface area contributed by atoms with Crippen molar-refractivity contribution in [3.63, 3.8) is 0 Å². The Hall–Kier alpha value is -3.05. The molecule has 11 nitrogen and oxygen atoms in total. The van der Waals surface area contributed by atoms with E-state index in [9.17, 15) is 4.79 Å². The SMILES string of the molecule is C[C@H](N)C(=O)N1CC[C@](C)(N2CCc3c(-c4cnc(N)nc4)nc(N4CCOC[C@@H]4C)nc32)C1. The number of amides is 1. The van der Waals surface area contributed by atoms with Crippen molar-refractivity contribution in [3.8, 4) is 11.3 Å². The maximum Gasteiger partial charge on any atom is 0.239 e. The van der Waals surface area contributed by atoms with Gasteiger partial charge in [-0.15, -0.1) is 0 Å².